The summed E-state index contributed by atoms with van der Waals surface area (Å²) in [6.07, 6.45) is 3.23. The summed E-state index contributed by atoms with van der Waals surface area (Å²) in [5.41, 5.74) is 11.3. The molecule has 0 aliphatic heterocycles. The molecular formula is C14H18ClN5O4. The molecule has 130 valence electrons. The van der Waals surface area contributed by atoms with Crippen molar-refractivity contribution in [1.29, 1.82) is 0 Å². The molecule has 0 bridgehead atoms. The van der Waals surface area contributed by atoms with Crippen LogP contribution in [0.15, 0.2) is 16.8 Å². The molecular weight excluding hydrogens is 338 g/mol. The molecule has 0 saturated carbocycles. The number of nitrogens with zero attached hydrogens (tertiary/aromatic N) is 3. The number of carbonyl (C=O) groups is 1. The average Bonchev–Trinajstić information content (AvgIpc) is 3.03. The monoisotopic (exact) mass is 355 g/mol. The van der Waals surface area contributed by atoms with Crippen molar-refractivity contribution in [1.82, 2.24) is 10.3 Å². The van der Waals surface area contributed by atoms with Crippen LogP contribution >= 0.6 is 11.6 Å². The predicted octanol–water partition coefficient (Wildman–Crippen LogP) is 1.66. The van der Waals surface area contributed by atoms with Crippen LogP contribution < -0.4 is 11.5 Å². The van der Waals surface area contributed by atoms with E-state index in [1.54, 1.807) is 6.07 Å². The van der Waals surface area contributed by atoms with Crippen LogP contribution in [0.25, 0.3) is 11.0 Å². The summed E-state index contributed by atoms with van der Waals surface area (Å²) in [6, 6.07) is 3.05. The number of Topliss-reactive ketones (excluding diaryl/α,β-unsaturated/α-hetero) is 1. The summed E-state index contributed by atoms with van der Waals surface area (Å²) in [5, 5.41) is 18.3. The molecule has 0 aliphatic rings. The molecule has 2 aromatic rings. The summed E-state index contributed by atoms with van der Waals surface area (Å²) in [6.45, 7) is 0. The number of rotatable bonds is 9. The number of halogens is 1. The number of hydrogen-bond acceptors (Lipinski definition) is 8. The highest BCUT2D eigenvalue weighted by atomic mass is 35.5. The first kappa shape index (κ1) is 18.2. The van der Waals surface area contributed by atoms with Crippen LogP contribution in [0.5, 0.6) is 0 Å². The van der Waals surface area contributed by atoms with Gasteiger partial charge < -0.3 is 11.5 Å². The van der Waals surface area contributed by atoms with Gasteiger partial charge in [-0.3, -0.25) is 14.9 Å². The summed E-state index contributed by atoms with van der Waals surface area (Å²) in [5.74, 6) is -0.581. The Morgan fingerprint density at radius 1 is 1.25 bits per heavy atom. The molecule has 0 atom stereocenters. The molecule has 0 spiro atoms. The molecule has 0 saturated heterocycles. The standard InChI is InChI=1S/C14H18ClN5O4/c15-8-11(21)14(16,17)7-3-1-2-4-9-5-6-10(20(22)23)13-12(9)18-24-19-13/h5-6H,1-4,7-8,16-17H2. The Bertz CT molecular complexity index is 746. The van der Waals surface area contributed by atoms with Gasteiger partial charge >= 0.3 is 5.69 Å². The Morgan fingerprint density at radius 3 is 2.62 bits per heavy atom. The lowest BCUT2D eigenvalue weighted by atomic mass is 9.98. The summed E-state index contributed by atoms with van der Waals surface area (Å²) < 4.78 is 4.62. The SMILES string of the molecule is NC(N)(CCCCCc1ccc([N+](=O)[O-])c2nonc12)C(=O)CCl. The van der Waals surface area contributed by atoms with Crippen molar-refractivity contribution >= 4 is 34.1 Å². The van der Waals surface area contributed by atoms with Crippen molar-refractivity contribution < 1.29 is 14.3 Å². The third-order valence-corrected chi connectivity index (χ3v) is 4.09. The van der Waals surface area contributed by atoms with Crippen molar-refractivity contribution in [3.05, 3.63) is 27.8 Å². The van der Waals surface area contributed by atoms with E-state index in [2.05, 4.69) is 14.9 Å². The van der Waals surface area contributed by atoms with E-state index in [1.165, 1.54) is 6.07 Å². The molecule has 0 amide bonds. The minimum Gasteiger partial charge on any atom is -0.307 e. The molecule has 1 heterocycles. The second-order valence-corrected chi connectivity index (χ2v) is 5.89. The van der Waals surface area contributed by atoms with Gasteiger partial charge in [-0.2, -0.15) is 0 Å². The number of nitrogens with two attached hydrogens (primary N) is 2. The highest BCUT2D eigenvalue weighted by Crippen LogP contribution is 2.26. The number of aromatic nitrogens is 2. The molecule has 4 N–H and O–H groups in total. The first-order valence-corrected chi connectivity index (χ1v) is 7.96. The number of non-ortho nitro benzene ring substituents is 1. The van der Waals surface area contributed by atoms with E-state index >= 15 is 0 Å². The van der Waals surface area contributed by atoms with Crippen LogP contribution in [0.2, 0.25) is 0 Å². The molecule has 0 unspecified atom stereocenters. The second-order valence-electron chi connectivity index (χ2n) is 5.62. The Hall–Kier alpha value is -2.10. The van der Waals surface area contributed by atoms with E-state index in [9.17, 15) is 14.9 Å². The lowest BCUT2D eigenvalue weighted by molar-refractivity contribution is -0.383. The minimum atomic E-state index is -1.39. The number of nitro groups is 1. The minimum absolute atomic E-state index is 0.134. The smallest absolute Gasteiger partial charge is 0.300 e. The fourth-order valence-corrected chi connectivity index (χ4v) is 2.68. The zero-order chi connectivity index (χ0) is 17.7. The van der Waals surface area contributed by atoms with Gasteiger partial charge in [-0.15, -0.1) is 11.6 Å². The van der Waals surface area contributed by atoms with Crippen molar-refractivity contribution in [3.8, 4) is 0 Å². The van der Waals surface area contributed by atoms with Gasteiger partial charge in [0, 0.05) is 6.07 Å². The zero-order valence-electron chi connectivity index (χ0n) is 12.9. The maximum absolute atomic E-state index is 11.5. The van der Waals surface area contributed by atoms with Gasteiger partial charge in [0.1, 0.15) is 11.2 Å². The van der Waals surface area contributed by atoms with E-state index < -0.39 is 10.6 Å². The summed E-state index contributed by atoms with van der Waals surface area (Å²) in [7, 11) is 0. The van der Waals surface area contributed by atoms with Crippen LogP contribution in [-0.4, -0.2) is 32.6 Å². The maximum atomic E-state index is 11.5. The van der Waals surface area contributed by atoms with E-state index in [4.69, 9.17) is 23.1 Å². The van der Waals surface area contributed by atoms with Gasteiger partial charge in [0.25, 0.3) is 0 Å². The van der Waals surface area contributed by atoms with Crippen molar-refractivity contribution in [2.75, 3.05) is 5.88 Å². The molecule has 24 heavy (non-hydrogen) atoms. The lowest BCUT2D eigenvalue weighted by Gasteiger charge is -2.21. The van der Waals surface area contributed by atoms with Gasteiger partial charge in [-0.05, 0) is 47.6 Å². The summed E-state index contributed by atoms with van der Waals surface area (Å²) >= 11 is 5.46. The second kappa shape index (κ2) is 7.65. The number of aryl methyl sites for hydroxylation is 1. The number of benzene rings is 1. The van der Waals surface area contributed by atoms with Crippen LogP contribution in [0.4, 0.5) is 5.69 Å². The van der Waals surface area contributed by atoms with E-state index in [1.807, 2.05) is 0 Å². The molecule has 0 aliphatic carbocycles. The highest BCUT2D eigenvalue weighted by Gasteiger charge is 2.27. The molecule has 1 aromatic carbocycles. The lowest BCUT2D eigenvalue weighted by Crippen LogP contribution is -2.56. The molecule has 10 heteroatoms. The fraction of sp³-hybridized carbons (Fsp3) is 0.500. The largest absolute Gasteiger partial charge is 0.307 e. The number of nitro benzene ring substituents is 1. The number of fused-ring (bicyclic) bond motifs is 1. The van der Waals surface area contributed by atoms with Crippen LogP contribution in [0.3, 0.4) is 0 Å². The van der Waals surface area contributed by atoms with E-state index in [0.717, 1.165) is 18.4 Å². The van der Waals surface area contributed by atoms with Crippen LogP contribution in [-0.2, 0) is 11.2 Å². The zero-order valence-corrected chi connectivity index (χ0v) is 13.7. The normalized spacial score (nSPS) is 11.8. The fourth-order valence-electron chi connectivity index (χ4n) is 2.43. The molecule has 0 radical (unpaired) electrons. The maximum Gasteiger partial charge on any atom is 0.300 e. The van der Waals surface area contributed by atoms with E-state index in [-0.39, 0.29) is 22.9 Å². The average molecular weight is 356 g/mol. The number of unbranched alkanes of at least 4 members (excludes halogenated alkanes) is 2. The first-order valence-electron chi connectivity index (χ1n) is 7.42. The molecule has 9 nitrogen and oxygen atoms in total. The third kappa shape index (κ3) is 4.05. The number of alkyl halides is 1. The molecule has 1 aromatic heterocycles. The van der Waals surface area contributed by atoms with Crippen molar-refractivity contribution in [2.45, 2.75) is 37.8 Å². The van der Waals surface area contributed by atoms with Gasteiger partial charge in [0.2, 0.25) is 5.52 Å². The Balaban J connectivity index is 1.91. The van der Waals surface area contributed by atoms with Gasteiger partial charge in [-0.1, -0.05) is 6.42 Å². The third-order valence-electron chi connectivity index (χ3n) is 3.85. The summed E-state index contributed by atoms with van der Waals surface area (Å²) in [4.78, 5) is 21.9. The Morgan fingerprint density at radius 2 is 1.96 bits per heavy atom. The van der Waals surface area contributed by atoms with Crippen LogP contribution in [0.1, 0.15) is 31.2 Å². The van der Waals surface area contributed by atoms with Crippen molar-refractivity contribution in [2.24, 2.45) is 11.5 Å². The molecule has 0 fully saturated rings. The number of hydrogen-bond donors (Lipinski definition) is 2. The Kier molecular flexibility index (Phi) is 5.81. The van der Waals surface area contributed by atoms with Gasteiger partial charge in [-0.25, -0.2) is 4.63 Å². The Labute approximate surface area is 142 Å². The highest BCUT2D eigenvalue weighted by molar-refractivity contribution is 6.28. The topological polar surface area (TPSA) is 151 Å². The predicted molar refractivity (Wildman–Crippen MR) is 87.5 cm³/mol. The van der Waals surface area contributed by atoms with Crippen molar-refractivity contribution in [3.63, 3.8) is 0 Å². The van der Waals surface area contributed by atoms with E-state index in [0.29, 0.717) is 24.8 Å². The van der Waals surface area contributed by atoms with Gasteiger partial charge in [0.05, 0.1) is 10.8 Å². The quantitative estimate of drug-likeness (QED) is 0.226. The molecule has 2 rings (SSSR count). The number of carbonyl (C=O) groups excluding carboxylic acids is 1. The van der Waals surface area contributed by atoms with Gasteiger partial charge in [0.15, 0.2) is 5.78 Å². The number of ketones is 1. The first-order chi connectivity index (χ1) is 11.4. The van der Waals surface area contributed by atoms with Crippen LogP contribution in [0, 0.1) is 10.1 Å².